The van der Waals surface area contributed by atoms with Crippen LogP contribution < -0.4 is 0 Å². The van der Waals surface area contributed by atoms with Crippen LogP contribution >= 0.6 is 0 Å². The van der Waals surface area contributed by atoms with Crippen molar-refractivity contribution in [2.75, 3.05) is 13.2 Å². The lowest BCUT2D eigenvalue weighted by atomic mass is 9.80. The Balaban J connectivity index is 2.46. The third kappa shape index (κ3) is 2.36. The molecule has 0 bridgehead atoms. The van der Waals surface area contributed by atoms with Crippen LogP contribution in [0.4, 0.5) is 0 Å². The van der Waals surface area contributed by atoms with Gasteiger partial charge >= 0.3 is 0 Å². The smallest absolute Gasteiger partial charge is 0.0637 e. The van der Waals surface area contributed by atoms with Crippen LogP contribution in [0, 0.1) is 5.41 Å². The molecule has 1 fully saturated rings. The van der Waals surface area contributed by atoms with E-state index in [-0.39, 0.29) is 6.10 Å². The zero-order valence-electron chi connectivity index (χ0n) is 8.36. The van der Waals surface area contributed by atoms with E-state index < -0.39 is 0 Å². The Kier molecular flexibility index (Phi) is 3.58. The van der Waals surface area contributed by atoms with Crippen molar-refractivity contribution in [2.24, 2.45) is 10.5 Å². The highest BCUT2D eigenvalue weighted by Crippen LogP contribution is 2.38. The van der Waals surface area contributed by atoms with Crippen LogP contribution in [-0.4, -0.2) is 19.3 Å². The maximum Gasteiger partial charge on any atom is 0.0637 e. The molecule has 1 rings (SSSR count). The van der Waals surface area contributed by atoms with E-state index in [0.29, 0.717) is 12.0 Å². The lowest BCUT2D eigenvalue weighted by Gasteiger charge is -2.23. The molecule has 0 aromatic rings. The molecular formula is C9H17N3O. The second-order valence-corrected chi connectivity index (χ2v) is 3.76. The van der Waals surface area contributed by atoms with Gasteiger partial charge in [0, 0.05) is 4.91 Å². The summed E-state index contributed by atoms with van der Waals surface area (Å²) >= 11 is 0. The quantitative estimate of drug-likeness (QED) is 0.375. The summed E-state index contributed by atoms with van der Waals surface area (Å²) in [4.78, 5) is 2.74. The predicted molar refractivity (Wildman–Crippen MR) is 51.4 cm³/mol. The number of ether oxygens (including phenoxy) is 1. The average Bonchev–Trinajstić information content (AvgIpc) is 2.59. The van der Waals surface area contributed by atoms with Crippen LogP contribution in [0.3, 0.4) is 0 Å². The third-order valence-electron chi connectivity index (χ3n) is 3.13. The SMILES string of the molecule is CCC1(CC)CO[C@@H](CN=[N+]=[N-])C1. The van der Waals surface area contributed by atoms with Crippen molar-refractivity contribution < 1.29 is 4.74 Å². The molecule has 0 aromatic carbocycles. The van der Waals surface area contributed by atoms with Gasteiger partial charge in [-0.25, -0.2) is 0 Å². The first-order valence-corrected chi connectivity index (χ1v) is 4.89. The molecule has 4 nitrogen and oxygen atoms in total. The Morgan fingerprint density at radius 2 is 2.23 bits per heavy atom. The molecule has 1 aliphatic heterocycles. The van der Waals surface area contributed by atoms with Gasteiger partial charge in [0.15, 0.2) is 0 Å². The molecule has 0 radical (unpaired) electrons. The summed E-state index contributed by atoms with van der Waals surface area (Å²) in [6.45, 7) is 5.70. The molecule has 1 saturated heterocycles. The van der Waals surface area contributed by atoms with Gasteiger partial charge in [-0.2, -0.15) is 0 Å². The third-order valence-corrected chi connectivity index (χ3v) is 3.13. The van der Waals surface area contributed by atoms with Crippen molar-refractivity contribution in [1.82, 2.24) is 0 Å². The number of azide groups is 1. The van der Waals surface area contributed by atoms with Gasteiger partial charge < -0.3 is 4.74 Å². The van der Waals surface area contributed by atoms with Gasteiger partial charge in [-0.15, -0.1) is 0 Å². The summed E-state index contributed by atoms with van der Waals surface area (Å²) in [6, 6.07) is 0. The molecule has 13 heavy (non-hydrogen) atoms. The van der Waals surface area contributed by atoms with Gasteiger partial charge in [-0.1, -0.05) is 19.0 Å². The second kappa shape index (κ2) is 4.49. The first-order chi connectivity index (χ1) is 6.26. The van der Waals surface area contributed by atoms with Gasteiger partial charge in [0.1, 0.15) is 0 Å². The Labute approximate surface area is 78.9 Å². The minimum Gasteiger partial charge on any atom is -0.377 e. The fourth-order valence-corrected chi connectivity index (χ4v) is 1.88. The largest absolute Gasteiger partial charge is 0.377 e. The van der Waals surface area contributed by atoms with E-state index in [1.165, 1.54) is 0 Å². The molecule has 0 spiro atoms. The zero-order chi connectivity index (χ0) is 9.73. The molecule has 0 aromatic heterocycles. The summed E-state index contributed by atoms with van der Waals surface area (Å²) in [5.74, 6) is 0. The Morgan fingerprint density at radius 1 is 1.54 bits per heavy atom. The molecule has 0 saturated carbocycles. The minimum atomic E-state index is 0.149. The van der Waals surface area contributed by atoms with Gasteiger partial charge in [-0.3, -0.25) is 0 Å². The van der Waals surface area contributed by atoms with Gasteiger partial charge in [0.2, 0.25) is 0 Å². The lowest BCUT2D eigenvalue weighted by Crippen LogP contribution is -2.19. The van der Waals surface area contributed by atoms with Gasteiger partial charge in [-0.05, 0) is 30.2 Å². The van der Waals surface area contributed by atoms with Crippen molar-refractivity contribution in [3.8, 4) is 0 Å². The molecule has 0 N–H and O–H groups in total. The molecule has 4 heteroatoms. The summed E-state index contributed by atoms with van der Waals surface area (Å²) in [5.41, 5.74) is 8.52. The molecule has 0 unspecified atom stereocenters. The Morgan fingerprint density at radius 3 is 2.69 bits per heavy atom. The van der Waals surface area contributed by atoms with Crippen LogP contribution in [0.5, 0.6) is 0 Å². The van der Waals surface area contributed by atoms with Crippen LogP contribution in [0.1, 0.15) is 33.1 Å². The number of hydrogen-bond acceptors (Lipinski definition) is 2. The highest BCUT2D eigenvalue weighted by Gasteiger charge is 2.36. The van der Waals surface area contributed by atoms with E-state index in [4.69, 9.17) is 10.3 Å². The standard InChI is InChI=1S/C9H17N3O/c1-3-9(4-2)5-8(13-7-9)6-11-12-10/h8H,3-7H2,1-2H3/t8-/m1/s1. The summed E-state index contributed by atoms with van der Waals surface area (Å²) in [5, 5.41) is 3.54. The average molecular weight is 183 g/mol. The highest BCUT2D eigenvalue weighted by molar-refractivity contribution is 4.86. The summed E-state index contributed by atoms with van der Waals surface area (Å²) in [7, 11) is 0. The molecule has 1 aliphatic rings. The van der Waals surface area contributed by atoms with Gasteiger partial charge in [0.25, 0.3) is 0 Å². The molecule has 0 amide bonds. The number of hydrogen-bond donors (Lipinski definition) is 0. The Bertz CT molecular complexity index is 207. The number of nitrogens with zero attached hydrogens (tertiary/aromatic N) is 3. The van der Waals surface area contributed by atoms with Crippen LogP contribution in [-0.2, 0) is 4.74 Å². The highest BCUT2D eigenvalue weighted by atomic mass is 16.5. The van der Waals surface area contributed by atoms with E-state index in [1.54, 1.807) is 0 Å². The Hall–Kier alpha value is -0.730. The molecular weight excluding hydrogens is 166 g/mol. The fourth-order valence-electron chi connectivity index (χ4n) is 1.88. The fraction of sp³-hybridized carbons (Fsp3) is 1.00. The summed E-state index contributed by atoms with van der Waals surface area (Å²) in [6.07, 6.45) is 3.49. The van der Waals surface area contributed by atoms with E-state index in [1.807, 2.05) is 0 Å². The summed E-state index contributed by atoms with van der Waals surface area (Å²) < 4.78 is 5.59. The minimum absolute atomic E-state index is 0.149. The maximum absolute atomic E-state index is 8.17. The van der Waals surface area contributed by atoms with Crippen molar-refractivity contribution in [3.63, 3.8) is 0 Å². The zero-order valence-corrected chi connectivity index (χ0v) is 8.36. The maximum atomic E-state index is 8.17. The van der Waals surface area contributed by atoms with Crippen molar-refractivity contribution in [3.05, 3.63) is 10.4 Å². The molecule has 74 valence electrons. The second-order valence-electron chi connectivity index (χ2n) is 3.76. The normalized spacial score (nSPS) is 25.5. The first-order valence-electron chi connectivity index (χ1n) is 4.89. The van der Waals surface area contributed by atoms with Crippen molar-refractivity contribution in [1.29, 1.82) is 0 Å². The van der Waals surface area contributed by atoms with E-state index >= 15 is 0 Å². The number of rotatable bonds is 4. The first kappa shape index (κ1) is 10.4. The van der Waals surface area contributed by atoms with E-state index in [2.05, 4.69) is 23.9 Å². The van der Waals surface area contributed by atoms with Gasteiger partial charge in [0.05, 0.1) is 19.3 Å². The van der Waals surface area contributed by atoms with Crippen molar-refractivity contribution >= 4 is 0 Å². The topological polar surface area (TPSA) is 58.0 Å². The van der Waals surface area contributed by atoms with E-state index in [0.717, 1.165) is 25.9 Å². The lowest BCUT2D eigenvalue weighted by molar-refractivity contribution is 0.0973. The van der Waals surface area contributed by atoms with Crippen LogP contribution in [0.2, 0.25) is 0 Å². The van der Waals surface area contributed by atoms with Crippen LogP contribution in [0.15, 0.2) is 5.11 Å². The van der Waals surface area contributed by atoms with Crippen molar-refractivity contribution in [2.45, 2.75) is 39.2 Å². The molecule has 0 aliphatic carbocycles. The predicted octanol–water partition coefficient (Wildman–Crippen LogP) is 2.89. The van der Waals surface area contributed by atoms with E-state index in [9.17, 15) is 0 Å². The van der Waals surface area contributed by atoms with Crippen LogP contribution in [0.25, 0.3) is 10.4 Å². The monoisotopic (exact) mass is 183 g/mol. The molecule has 1 atom stereocenters. The molecule has 1 heterocycles.